The average Bonchev–Trinajstić information content (AvgIpc) is 2.83. The Morgan fingerprint density at radius 1 is 1.16 bits per heavy atom. The van der Waals surface area contributed by atoms with Crippen LogP contribution in [0, 0.1) is 23.2 Å². The van der Waals surface area contributed by atoms with Gasteiger partial charge in [-0.1, -0.05) is 30.2 Å². The maximum Gasteiger partial charge on any atom is 0.00792 e. The summed E-state index contributed by atoms with van der Waals surface area (Å²) in [6, 6.07) is 0.446. The molecule has 2 fully saturated rings. The van der Waals surface area contributed by atoms with Gasteiger partial charge >= 0.3 is 0 Å². The van der Waals surface area contributed by atoms with Crippen molar-refractivity contribution in [3.05, 3.63) is 23.3 Å². The summed E-state index contributed by atoms with van der Waals surface area (Å²) >= 11 is 0. The standard InChI is InChI=1S/C18H27N/c1-11-3-8-17-15-6-4-12-9-13(19)5-7-14(12)16(15)10-18(11,17)2/h13,15-17H,1,3-10,19H2,2H3. The molecule has 1 nitrogen and oxygen atoms in total. The van der Waals surface area contributed by atoms with E-state index in [9.17, 15) is 0 Å². The highest BCUT2D eigenvalue weighted by atomic mass is 14.7. The first-order valence-corrected chi connectivity index (χ1v) is 8.24. The molecule has 0 heterocycles. The monoisotopic (exact) mass is 257 g/mol. The molecule has 0 aromatic rings. The van der Waals surface area contributed by atoms with Crippen LogP contribution in [0.4, 0.5) is 0 Å². The second-order valence-electron chi connectivity index (χ2n) is 7.81. The predicted octanol–water partition coefficient (Wildman–Crippen LogP) is 4.20. The molecule has 0 spiro atoms. The molecule has 0 radical (unpaired) electrons. The van der Waals surface area contributed by atoms with Crippen molar-refractivity contribution in [2.45, 2.75) is 64.3 Å². The van der Waals surface area contributed by atoms with E-state index in [1.165, 1.54) is 51.4 Å². The van der Waals surface area contributed by atoms with Gasteiger partial charge < -0.3 is 5.73 Å². The van der Waals surface area contributed by atoms with Gasteiger partial charge in [0.05, 0.1) is 0 Å². The molecule has 0 amide bonds. The number of allylic oxidation sites excluding steroid dienone is 2. The smallest absolute Gasteiger partial charge is 0.00792 e. The highest BCUT2D eigenvalue weighted by Crippen LogP contribution is 2.65. The van der Waals surface area contributed by atoms with Gasteiger partial charge in [0.25, 0.3) is 0 Å². The molecule has 1 heteroatoms. The zero-order chi connectivity index (χ0) is 13.2. The molecule has 4 aliphatic rings. The minimum Gasteiger partial charge on any atom is -0.327 e. The topological polar surface area (TPSA) is 26.0 Å². The lowest BCUT2D eigenvalue weighted by atomic mass is 9.69. The second kappa shape index (κ2) is 3.97. The molecule has 4 rings (SSSR count). The molecule has 2 N–H and O–H groups in total. The van der Waals surface area contributed by atoms with Crippen molar-refractivity contribution in [2.75, 3.05) is 0 Å². The molecule has 2 saturated carbocycles. The highest BCUT2D eigenvalue weighted by Gasteiger charge is 2.56. The fourth-order valence-electron chi connectivity index (χ4n) is 5.97. The number of rotatable bonds is 0. The summed E-state index contributed by atoms with van der Waals surface area (Å²) in [6.07, 6.45) is 10.6. The Labute approximate surface area is 117 Å². The summed E-state index contributed by atoms with van der Waals surface area (Å²) in [4.78, 5) is 0. The summed E-state index contributed by atoms with van der Waals surface area (Å²) in [6.45, 7) is 6.92. The Morgan fingerprint density at radius 3 is 2.84 bits per heavy atom. The summed E-state index contributed by atoms with van der Waals surface area (Å²) in [5, 5.41) is 0. The van der Waals surface area contributed by atoms with Gasteiger partial charge in [0, 0.05) is 6.04 Å². The Bertz CT molecular complexity index is 460. The SMILES string of the molecule is C=C1CCC2C3CCC4=C(CCC(N)C4)C3CC12C. The molecule has 5 atom stereocenters. The van der Waals surface area contributed by atoms with Crippen molar-refractivity contribution < 1.29 is 0 Å². The van der Waals surface area contributed by atoms with E-state index in [0.717, 1.165) is 17.8 Å². The van der Waals surface area contributed by atoms with E-state index in [1.54, 1.807) is 11.1 Å². The number of hydrogen-bond acceptors (Lipinski definition) is 1. The number of fused-ring (bicyclic) bond motifs is 4. The van der Waals surface area contributed by atoms with Crippen LogP contribution >= 0.6 is 0 Å². The van der Waals surface area contributed by atoms with E-state index < -0.39 is 0 Å². The molecule has 104 valence electrons. The maximum absolute atomic E-state index is 6.17. The molecular weight excluding hydrogens is 230 g/mol. The molecule has 19 heavy (non-hydrogen) atoms. The second-order valence-corrected chi connectivity index (χ2v) is 7.81. The summed E-state index contributed by atoms with van der Waals surface area (Å²) in [5.41, 5.74) is 11.8. The summed E-state index contributed by atoms with van der Waals surface area (Å²) < 4.78 is 0. The fraction of sp³-hybridized carbons (Fsp3) is 0.778. The predicted molar refractivity (Wildman–Crippen MR) is 79.7 cm³/mol. The lowest BCUT2D eigenvalue weighted by Gasteiger charge is -2.37. The minimum absolute atomic E-state index is 0.446. The van der Waals surface area contributed by atoms with Crippen molar-refractivity contribution in [1.82, 2.24) is 0 Å². The van der Waals surface area contributed by atoms with Crippen LogP contribution in [0.15, 0.2) is 23.3 Å². The van der Waals surface area contributed by atoms with E-state index in [0.29, 0.717) is 11.5 Å². The largest absolute Gasteiger partial charge is 0.327 e. The summed E-state index contributed by atoms with van der Waals surface area (Å²) in [5.74, 6) is 2.80. The minimum atomic E-state index is 0.446. The van der Waals surface area contributed by atoms with Gasteiger partial charge in [-0.2, -0.15) is 0 Å². The number of nitrogens with two attached hydrogens (primary N) is 1. The molecule has 5 unspecified atom stereocenters. The Balaban J connectivity index is 1.69. The highest BCUT2D eigenvalue weighted by molar-refractivity contribution is 5.32. The zero-order valence-electron chi connectivity index (χ0n) is 12.3. The van der Waals surface area contributed by atoms with Gasteiger partial charge in [0.1, 0.15) is 0 Å². The Kier molecular flexibility index (Phi) is 2.55. The molecule has 0 aliphatic heterocycles. The molecule has 0 saturated heterocycles. The van der Waals surface area contributed by atoms with Crippen LogP contribution in [0.5, 0.6) is 0 Å². The molecule has 0 aromatic heterocycles. The first kappa shape index (κ1) is 12.2. The van der Waals surface area contributed by atoms with Gasteiger partial charge in [-0.25, -0.2) is 0 Å². The molecule has 0 bridgehead atoms. The van der Waals surface area contributed by atoms with Crippen molar-refractivity contribution in [2.24, 2.45) is 28.9 Å². The first-order valence-electron chi connectivity index (χ1n) is 8.24. The number of hydrogen-bond donors (Lipinski definition) is 1. The van der Waals surface area contributed by atoms with Gasteiger partial charge in [-0.3, -0.25) is 0 Å². The van der Waals surface area contributed by atoms with Crippen LogP contribution in [0.3, 0.4) is 0 Å². The van der Waals surface area contributed by atoms with Gasteiger partial charge in [-0.15, -0.1) is 0 Å². The van der Waals surface area contributed by atoms with E-state index in [4.69, 9.17) is 5.73 Å². The third-order valence-electron chi connectivity index (χ3n) is 7.03. The molecule has 4 aliphatic carbocycles. The van der Waals surface area contributed by atoms with Crippen molar-refractivity contribution in [1.29, 1.82) is 0 Å². The third kappa shape index (κ3) is 1.57. The Morgan fingerprint density at radius 2 is 2.00 bits per heavy atom. The quantitative estimate of drug-likeness (QED) is 0.647. The van der Waals surface area contributed by atoms with Gasteiger partial charge in [0.2, 0.25) is 0 Å². The first-order chi connectivity index (χ1) is 9.09. The van der Waals surface area contributed by atoms with E-state index in [2.05, 4.69) is 13.5 Å². The average molecular weight is 257 g/mol. The zero-order valence-corrected chi connectivity index (χ0v) is 12.3. The van der Waals surface area contributed by atoms with E-state index in [-0.39, 0.29) is 0 Å². The van der Waals surface area contributed by atoms with Crippen molar-refractivity contribution in [3.8, 4) is 0 Å². The van der Waals surface area contributed by atoms with Crippen LogP contribution in [-0.4, -0.2) is 6.04 Å². The maximum atomic E-state index is 6.17. The van der Waals surface area contributed by atoms with Crippen LogP contribution in [0.1, 0.15) is 58.3 Å². The lowest BCUT2D eigenvalue weighted by molar-refractivity contribution is 0.244. The van der Waals surface area contributed by atoms with E-state index >= 15 is 0 Å². The van der Waals surface area contributed by atoms with Crippen LogP contribution in [-0.2, 0) is 0 Å². The summed E-state index contributed by atoms with van der Waals surface area (Å²) in [7, 11) is 0. The lowest BCUT2D eigenvalue weighted by Crippen LogP contribution is -2.31. The third-order valence-corrected chi connectivity index (χ3v) is 7.03. The fourth-order valence-corrected chi connectivity index (χ4v) is 5.97. The molecule has 0 aromatic carbocycles. The Hall–Kier alpha value is -0.560. The van der Waals surface area contributed by atoms with Crippen LogP contribution < -0.4 is 5.73 Å². The molecular formula is C18H27N. The van der Waals surface area contributed by atoms with Crippen LogP contribution in [0.2, 0.25) is 0 Å². The normalized spacial score (nSPS) is 49.1. The van der Waals surface area contributed by atoms with Gasteiger partial charge in [-0.05, 0) is 74.5 Å². The van der Waals surface area contributed by atoms with E-state index in [1.807, 2.05) is 5.57 Å². The van der Waals surface area contributed by atoms with Crippen molar-refractivity contribution in [3.63, 3.8) is 0 Å². The van der Waals surface area contributed by atoms with Crippen molar-refractivity contribution >= 4 is 0 Å². The van der Waals surface area contributed by atoms with Crippen LogP contribution in [0.25, 0.3) is 0 Å². The van der Waals surface area contributed by atoms with Gasteiger partial charge in [0.15, 0.2) is 0 Å².